The van der Waals surface area contributed by atoms with Gasteiger partial charge in [-0.15, -0.1) is 0 Å². The fraction of sp³-hybridized carbons (Fsp3) is 0.769. The molecule has 0 aromatic heterocycles. The maximum absolute atomic E-state index is 11.5. The zero-order chi connectivity index (χ0) is 11.3. The number of ketones is 1. The van der Waals surface area contributed by atoms with Crippen molar-refractivity contribution in [2.24, 2.45) is 11.3 Å². The minimum atomic E-state index is -0.789. The molecule has 1 fully saturated rings. The predicted molar refractivity (Wildman–Crippen MR) is 59.5 cm³/mol. The topological polar surface area (TPSA) is 37.3 Å². The molecule has 0 bridgehead atoms. The third-order valence-electron chi connectivity index (χ3n) is 4.51. The van der Waals surface area contributed by atoms with Crippen LogP contribution in [0.1, 0.15) is 46.5 Å². The van der Waals surface area contributed by atoms with Crippen LogP contribution in [-0.4, -0.2) is 16.5 Å². The molecule has 0 spiro atoms. The summed E-state index contributed by atoms with van der Waals surface area (Å²) in [7, 11) is 0. The fourth-order valence-corrected chi connectivity index (χ4v) is 3.04. The van der Waals surface area contributed by atoms with Gasteiger partial charge in [0.05, 0.1) is 5.60 Å². The zero-order valence-electron chi connectivity index (χ0n) is 9.84. The minimum absolute atomic E-state index is 0.0594. The van der Waals surface area contributed by atoms with Gasteiger partial charge in [0.25, 0.3) is 0 Å². The normalized spacial score (nSPS) is 46.0. The van der Waals surface area contributed by atoms with E-state index in [1.54, 1.807) is 6.08 Å². The molecule has 2 nitrogen and oxygen atoms in total. The van der Waals surface area contributed by atoms with Crippen molar-refractivity contribution in [3.05, 3.63) is 11.6 Å². The Labute approximate surface area is 91.4 Å². The van der Waals surface area contributed by atoms with E-state index in [1.165, 1.54) is 0 Å². The number of fused-ring (bicyclic) bond motifs is 1. The molecule has 0 saturated heterocycles. The first kappa shape index (κ1) is 10.9. The van der Waals surface area contributed by atoms with Gasteiger partial charge < -0.3 is 5.11 Å². The van der Waals surface area contributed by atoms with Gasteiger partial charge in [0.1, 0.15) is 0 Å². The lowest BCUT2D eigenvalue weighted by molar-refractivity contribution is -0.117. The molecule has 0 aromatic carbocycles. The van der Waals surface area contributed by atoms with Crippen LogP contribution in [0.15, 0.2) is 11.6 Å². The number of aliphatic hydroxyl groups is 1. The van der Waals surface area contributed by atoms with E-state index in [0.29, 0.717) is 6.42 Å². The Hall–Kier alpha value is -0.630. The van der Waals surface area contributed by atoms with Crippen LogP contribution in [0.5, 0.6) is 0 Å². The SMILES string of the molecule is C[C@@H]1CC[C@]2(C)CCC(=O)C=C2[C@@]1(C)O. The van der Waals surface area contributed by atoms with E-state index in [9.17, 15) is 9.90 Å². The van der Waals surface area contributed by atoms with Crippen LogP contribution in [0.25, 0.3) is 0 Å². The molecule has 1 saturated carbocycles. The maximum Gasteiger partial charge on any atom is 0.155 e. The molecule has 2 heteroatoms. The van der Waals surface area contributed by atoms with Gasteiger partial charge in [-0.25, -0.2) is 0 Å². The Balaban J connectivity index is 2.46. The summed E-state index contributed by atoms with van der Waals surface area (Å²) >= 11 is 0. The second-order valence-electron chi connectivity index (χ2n) is 5.67. The van der Waals surface area contributed by atoms with E-state index in [-0.39, 0.29) is 17.1 Å². The Morgan fingerprint density at radius 1 is 1.40 bits per heavy atom. The maximum atomic E-state index is 11.5. The average molecular weight is 208 g/mol. The molecule has 0 unspecified atom stereocenters. The summed E-state index contributed by atoms with van der Waals surface area (Å²) in [4.78, 5) is 11.5. The Bertz CT molecular complexity index is 327. The van der Waals surface area contributed by atoms with Crippen LogP contribution in [0.2, 0.25) is 0 Å². The zero-order valence-corrected chi connectivity index (χ0v) is 9.84. The van der Waals surface area contributed by atoms with Crippen LogP contribution in [0, 0.1) is 11.3 Å². The second kappa shape index (κ2) is 3.18. The summed E-state index contributed by atoms with van der Waals surface area (Å²) in [5.41, 5.74) is 0.248. The molecule has 0 radical (unpaired) electrons. The van der Waals surface area contributed by atoms with Gasteiger partial charge in [0.2, 0.25) is 0 Å². The fourth-order valence-electron chi connectivity index (χ4n) is 3.04. The molecule has 0 aliphatic heterocycles. The molecule has 15 heavy (non-hydrogen) atoms. The van der Waals surface area contributed by atoms with Gasteiger partial charge in [-0.05, 0) is 49.2 Å². The van der Waals surface area contributed by atoms with E-state index >= 15 is 0 Å². The Morgan fingerprint density at radius 3 is 2.73 bits per heavy atom. The molecule has 0 aromatic rings. The highest BCUT2D eigenvalue weighted by molar-refractivity contribution is 5.92. The number of hydrogen-bond acceptors (Lipinski definition) is 2. The predicted octanol–water partition coefficient (Wildman–Crippen LogP) is 2.46. The smallest absolute Gasteiger partial charge is 0.155 e. The Morgan fingerprint density at radius 2 is 2.07 bits per heavy atom. The molecule has 84 valence electrons. The minimum Gasteiger partial charge on any atom is -0.385 e. The molecule has 2 aliphatic carbocycles. The molecular formula is C13H20O2. The van der Waals surface area contributed by atoms with E-state index in [0.717, 1.165) is 24.8 Å². The van der Waals surface area contributed by atoms with Crippen molar-refractivity contribution >= 4 is 5.78 Å². The van der Waals surface area contributed by atoms with Crippen LogP contribution in [-0.2, 0) is 4.79 Å². The molecule has 1 N–H and O–H groups in total. The standard InChI is InChI=1S/C13H20O2/c1-9-4-6-12(2)7-5-10(14)8-11(12)13(9,3)15/h8-9,15H,4-7H2,1-3H3/t9-,12-,13+/m1/s1. The van der Waals surface area contributed by atoms with E-state index < -0.39 is 5.60 Å². The van der Waals surface area contributed by atoms with Crippen LogP contribution in [0.4, 0.5) is 0 Å². The highest BCUT2D eigenvalue weighted by atomic mass is 16.3. The van der Waals surface area contributed by atoms with E-state index in [2.05, 4.69) is 13.8 Å². The van der Waals surface area contributed by atoms with E-state index in [1.807, 2.05) is 6.92 Å². The lowest BCUT2D eigenvalue weighted by atomic mass is 9.57. The third kappa shape index (κ3) is 1.55. The third-order valence-corrected chi connectivity index (χ3v) is 4.51. The first-order chi connectivity index (χ1) is 6.86. The van der Waals surface area contributed by atoms with Crippen molar-refractivity contribution in [3.8, 4) is 0 Å². The van der Waals surface area contributed by atoms with Crippen molar-refractivity contribution in [1.29, 1.82) is 0 Å². The molecule has 0 amide bonds. The summed E-state index contributed by atoms with van der Waals surface area (Å²) in [5, 5.41) is 10.5. The summed E-state index contributed by atoms with van der Waals surface area (Å²) in [5.74, 6) is 0.430. The highest BCUT2D eigenvalue weighted by Crippen LogP contribution is 2.52. The molecule has 2 rings (SSSR count). The number of allylic oxidation sites excluding steroid dienone is 1. The van der Waals surface area contributed by atoms with E-state index in [4.69, 9.17) is 0 Å². The number of rotatable bonds is 0. The van der Waals surface area contributed by atoms with Crippen LogP contribution in [0.3, 0.4) is 0 Å². The van der Waals surface area contributed by atoms with Crippen molar-refractivity contribution < 1.29 is 9.90 Å². The lowest BCUT2D eigenvalue weighted by Gasteiger charge is -2.49. The van der Waals surface area contributed by atoms with Crippen molar-refractivity contribution in [2.75, 3.05) is 0 Å². The van der Waals surface area contributed by atoms with Crippen molar-refractivity contribution in [2.45, 2.75) is 52.1 Å². The molecular weight excluding hydrogens is 188 g/mol. The molecule has 0 heterocycles. The number of carbonyl (C=O) groups is 1. The first-order valence-corrected chi connectivity index (χ1v) is 5.84. The first-order valence-electron chi connectivity index (χ1n) is 5.84. The van der Waals surface area contributed by atoms with Gasteiger partial charge in [0, 0.05) is 6.42 Å². The highest BCUT2D eigenvalue weighted by Gasteiger charge is 2.48. The van der Waals surface area contributed by atoms with Gasteiger partial charge in [-0.3, -0.25) is 4.79 Å². The van der Waals surface area contributed by atoms with Crippen LogP contribution < -0.4 is 0 Å². The summed E-state index contributed by atoms with van der Waals surface area (Å²) in [6, 6.07) is 0. The van der Waals surface area contributed by atoms with Gasteiger partial charge in [-0.2, -0.15) is 0 Å². The summed E-state index contributed by atoms with van der Waals surface area (Å²) in [6.07, 6.45) is 5.41. The largest absolute Gasteiger partial charge is 0.385 e. The summed E-state index contributed by atoms with van der Waals surface area (Å²) < 4.78 is 0. The molecule has 2 aliphatic rings. The van der Waals surface area contributed by atoms with Gasteiger partial charge in [-0.1, -0.05) is 13.8 Å². The average Bonchev–Trinajstić information content (AvgIpc) is 2.16. The van der Waals surface area contributed by atoms with Gasteiger partial charge >= 0.3 is 0 Å². The quantitative estimate of drug-likeness (QED) is 0.664. The Kier molecular flexibility index (Phi) is 2.30. The monoisotopic (exact) mass is 208 g/mol. The van der Waals surface area contributed by atoms with Crippen LogP contribution >= 0.6 is 0 Å². The number of hydrogen-bond donors (Lipinski definition) is 1. The lowest BCUT2D eigenvalue weighted by Crippen LogP contribution is -2.48. The van der Waals surface area contributed by atoms with Gasteiger partial charge in [0.15, 0.2) is 5.78 Å². The summed E-state index contributed by atoms with van der Waals surface area (Å²) in [6.45, 7) is 6.12. The van der Waals surface area contributed by atoms with Crippen molar-refractivity contribution in [1.82, 2.24) is 0 Å². The second-order valence-corrected chi connectivity index (χ2v) is 5.67. The molecule has 3 atom stereocenters. The van der Waals surface area contributed by atoms with Crippen molar-refractivity contribution in [3.63, 3.8) is 0 Å². The number of carbonyl (C=O) groups excluding carboxylic acids is 1.